The Hall–Kier alpha value is -1.48. The van der Waals surface area contributed by atoms with Crippen LogP contribution in [0.2, 0.25) is 0 Å². The Morgan fingerprint density at radius 1 is 1.00 bits per heavy atom. The molecule has 108 valence electrons. The first kappa shape index (κ1) is 14.9. The molecule has 1 aromatic heterocycles. The smallest absolute Gasteiger partial charge is 0.0890 e. The molecule has 3 nitrogen and oxygen atoms in total. The molecule has 1 unspecified atom stereocenters. The SMILES string of the molecule is CCNC(CC(CC)CC)c1ccc2nccnc2c1. The first-order valence-corrected chi connectivity index (χ1v) is 7.72. The van der Waals surface area contributed by atoms with E-state index < -0.39 is 0 Å². The van der Waals surface area contributed by atoms with Gasteiger partial charge >= 0.3 is 0 Å². The van der Waals surface area contributed by atoms with Gasteiger partial charge in [0.2, 0.25) is 0 Å². The molecule has 3 heteroatoms. The van der Waals surface area contributed by atoms with Crippen molar-refractivity contribution in [1.29, 1.82) is 0 Å². The van der Waals surface area contributed by atoms with E-state index in [2.05, 4.69) is 54.3 Å². The van der Waals surface area contributed by atoms with Crippen LogP contribution in [0.4, 0.5) is 0 Å². The molecule has 1 N–H and O–H groups in total. The monoisotopic (exact) mass is 271 g/mol. The van der Waals surface area contributed by atoms with E-state index in [-0.39, 0.29) is 0 Å². The summed E-state index contributed by atoms with van der Waals surface area (Å²) in [6, 6.07) is 6.86. The molecule has 0 saturated carbocycles. The van der Waals surface area contributed by atoms with E-state index in [1.165, 1.54) is 24.8 Å². The van der Waals surface area contributed by atoms with Gasteiger partial charge in [-0.1, -0.05) is 39.7 Å². The van der Waals surface area contributed by atoms with Gasteiger partial charge < -0.3 is 5.32 Å². The first-order chi connectivity index (χ1) is 9.78. The fourth-order valence-corrected chi connectivity index (χ4v) is 2.74. The molecule has 0 bridgehead atoms. The predicted octanol–water partition coefficient (Wildman–Crippen LogP) is 4.11. The molecular weight excluding hydrogens is 246 g/mol. The Morgan fingerprint density at radius 2 is 1.70 bits per heavy atom. The van der Waals surface area contributed by atoms with Gasteiger partial charge in [-0.25, -0.2) is 0 Å². The highest BCUT2D eigenvalue weighted by molar-refractivity contribution is 5.74. The second-order valence-electron chi connectivity index (χ2n) is 5.33. The van der Waals surface area contributed by atoms with Crippen LogP contribution in [0.1, 0.15) is 51.6 Å². The highest BCUT2D eigenvalue weighted by Crippen LogP contribution is 2.26. The number of benzene rings is 1. The van der Waals surface area contributed by atoms with Gasteiger partial charge in [0.15, 0.2) is 0 Å². The van der Waals surface area contributed by atoms with Gasteiger partial charge in [-0.3, -0.25) is 9.97 Å². The van der Waals surface area contributed by atoms with Gasteiger partial charge in [-0.2, -0.15) is 0 Å². The molecule has 0 fully saturated rings. The van der Waals surface area contributed by atoms with Gasteiger partial charge in [0.25, 0.3) is 0 Å². The Morgan fingerprint density at radius 3 is 2.35 bits per heavy atom. The van der Waals surface area contributed by atoms with Crippen LogP contribution >= 0.6 is 0 Å². The Balaban J connectivity index is 2.25. The third kappa shape index (κ3) is 3.54. The number of nitrogens with zero attached hydrogens (tertiary/aromatic N) is 2. The number of hydrogen-bond acceptors (Lipinski definition) is 3. The third-order valence-electron chi connectivity index (χ3n) is 4.07. The molecule has 0 aliphatic rings. The molecule has 2 aromatic rings. The molecule has 0 amide bonds. The summed E-state index contributed by atoms with van der Waals surface area (Å²) in [5.41, 5.74) is 3.28. The molecule has 0 saturated heterocycles. The van der Waals surface area contributed by atoms with Gasteiger partial charge in [0, 0.05) is 18.4 Å². The Bertz CT molecular complexity index is 535. The molecule has 1 heterocycles. The van der Waals surface area contributed by atoms with Crippen molar-refractivity contribution in [3.05, 3.63) is 36.2 Å². The van der Waals surface area contributed by atoms with Crippen LogP contribution in [0.15, 0.2) is 30.6 Å². The number of aromatic nitrogens is 2. The molecule has 0 spiro atoms. The predicted molar refractivity (Wildman–Crippen MR) is 84.6 cm³/mol. The average Bonchev–Trinajstić information content (AvgIpc) is 2.51. The van der Waals surface area contributed by atoms with Crippen molar-refractivity contribution >= 4 is 11.0 Å². The van der Waals surface area contributed by atoms with Crippen LogP contribution in [0.25, 0.3) is 11.0 Å². The lowest BCUT2D eigenvalue weighted by atomic mass is 9.91. The van der Waals surface area contributed by atoms with Crippen molar-refractivity contribution in [3.63, 3.8) is 0 Å². The molecule has 0 aliphatic heterocycles. The molecule has 0 aliphatic carbocycles. The normalized spacial score (nSPS) is 13.0. The fourth-order valence-electron chi connectivity index (χ4n) is 2.74. The van der Waals surface area contributed by atoms with Crippen LogP contribution in [0.3, 0.4) is 0 Å². The van der Waals surface area contributed by atoms with Crippen LogP contribution in [-0.2, 0) is 0 Å². The summed E-state index contributed by atoms with van der Waals surface area (Å²) in [5, 5.41) is 3.61. The zero-order chi connectivity index (χ0) is 14.4. The Kier molecular flexibility index (Phi) is 5.48. The average molecular weight is 271 g/mol. The first-order valence-electron chi connectivity index (χ1n) is 7.72. The van der Waals surface area contributed by atoms with Crippen LogP contribution < -0.4 is 5.32 Å². The van der Waals surface area contributed by atoms with Crippen LogP contribution in [0.5, 0.6) is 0 Å². The van der Waals surface area contributed by atoms with E-state index in [0.29, 0.717) is 6.04 Å². The number of rotatable bonds is 7. The van der Waals surface area contributed by atoms with Crippen molar-refractivity contribution in [2.24, 2.45) is 5.92 Å². The van der Waals surface area contributed by atoms with Crippen molar-refractivity contribution in [2.45, 2.75) is 46.1 Å². The van der Waals surface area contributed by atoms with Crippen molar-refractivity contribution in [2.75, 3.05) is 6.54 Å². The van der Waals surface area contributed by atoms with E-state index in [1.807, 2.05) is 0 Å². The van der Waals surface area contributed by atoms with Gasteiger partial charge in [-0.15, -0.1) is 0 Å². The molecule has 20 heavy (non-hydrogen) atoms. The molecule has 1 aromatic carbocycles. The summed E-state index contributed by atoms with van der Waals surface area (Å²) in [7, 11) is 0. The zero-order valence-electron chi connectivity index (χ0n) is 12.8. The minimum absolute atomic E-state index is 0.413. The van der Waals surface area contributed by atoms with Crippen LogP contribution in [0, 0.1) is 5.92 Å². The minimum atomic E-state index is 0.413. The molecule has 0 radical (unpaired) electrons. The zero-order valence-corrected chi connectivity index (χ0v) is 12.8. The largest absolute Gasteiger partial charge is 0.310 e. The maximum absolute atomic E-state index is 4.41. The molecule has 2 rings (SSSR count). The van der Waals surface area contributed by atoms with Gasteiger partial charge in [0.1, 0.15) is 0 Å². The maximum Gasteiger partial charge on any atom is 0.0890 e. The summed E-state index contributed by atoms with van der Waals surface area (Å²) in [6.07, 6.45) is 7.17. The van der Waals surface area contributed by atoms with Crippen LogP contribution in [-0.4, -0.2) is 16.5 Å². The summed E-state index contributed by atoms with van der Waals surface area (Å²) in [4.78, 5) is 8.75. The highest BCUT2D eigenvalue weighted by atomic mass is 14.9. The molecule has 1 atom stereocenters. The lowest BCUT2D eigenvalue weighted by Gasteiger charge is -2.23. The fraction of sp³-hybridized carbons (Fsp3) is 0.529. The van der Waals surface area contributed by atoms with E-state index in [1.54, 1.807) is 12.4 Å². The number of fused-ring (bicyclic) bond motifs is 1. The van der Waals surface area contributed by atoms with Crippen molar-refractivity contribution < 1.29 is 0 Å². The van der Waals surface area contributed by atoms with E-state index in [4.69, 9.17) is 0 Å². The van der Waals surface area contributed by atoms with E-state index in [0.717, 1.165) is 23.5 Å². The summed E-state index contributed by atoms with van der Waals surface area (Å²) in [6.45, 7) is 7.72. The summed E-state index contributed by atoms with van der Waals surface area (Å²) >= 11 is 0. The van der Waals surface area contributed by atoms with E-state index >= 15 is 0 Å². The topological polar surface area (TPSA) is 37.8 Å². The standard InChI is InChI=1S/C17H25N3/c1-4-13(5-2)11-16(18-6-3)14-7-8-15-17(12-14)20-10-9-19-15/h7-10,12-13,16,18H,4-6,11H2,1-3H3. The van der Waals surface area contributed by atoms with Gasteiger partial charge in [0.05, 0.1) is 11.0 Å². The van der Waals surface area contributed by atoms with Gasteiger partial charge in [-0.05, 0) is 36.6 Å². The maximum atomic E-state index is 4.41. The number of hydrogen-bond donors (Lipinski definition) is 1. The minimum Gasteiger partial charge on any atom is -0.310 e. The van der Waals surface area contributed by atoms with E-state index in [9.17, 15) is 0 Å². The number of nitrogens with one attached hydrogen (secondary N) is 1. The van der Waals surface area contributed by atoms with Crippen molar-refractivity contribution in [1.82, 2.24) is 15.3 Å². The summed E-state index contributed by atoms with van der Waals surface area (Å²) in [5.74, 6) is 0.775. The lowest BCUT2D eigenvalue weighted by Crippen LogP contribution is -2.23. The van der Waals surface area contributed by atoms with Crippen molar-refractivity contribution in [3.8, 4) is 0 Å². The molecular formula is C17H25N3. The quantitative estimate of drug-likeness (QED) is 0.823. The summed E-state index contributed by atoms with van der Waals surface area (Å²) < 4.78 is 0. The lowest BCUT2D eigenvalue weighted by molar-refractivity contribution is 0.375. The highest BCUT2D eigenvalue weighted by Gasteiger charge is 2.15. The second-order valence-corrected chi connectivity index (χ2v) is 5.33. The Labute approximate surface area is 121 Å². The second kappa shape index (κ2) is 7.34. The third-order valence-corrected chi connectivity index (χ3v) is 4.07.